The molecule has 0 unspecified atom stereocenters. The maximum absolute atomic E-state index is 11.7. The number of nitrogens with zero attached hydrogens (tertiary/aromatic N) is 3. The smallest absolute Gasteiger partial charge is 0.364 e. The van der Waals surface area contributed by atoms with Crippen molar-refractivity contribution >= 4 is 0 Å². The molecule has 98 valence electrons. The maximum atomic E-state index is 11.7. The molecule has 0 amide bonds. The summed E-state index contributed by atoms with van der Waals surface area (Å²) in [7, 11) is 1.59. The Kier molecular flexibility index (Phi) is 2.29. The van der Waals surface area contributed by atoms with Crippen LogP contribution in [-0.4, -0.2) is 14.8 Å². The highest BCUT2D eigenvalue weighted by Gasteiger charge is 2.36. The van der Waals surface area contributed by atoms with Crippen LogP contribution in [0.15, 0.2) is 23.0 Å². The number of hydrogen-bond acceptors (Lipinski definition) is 4. The Balaban J connectivity index is 2.39. The van der Waals surface area contributed by atoms with Crippen LogP contribution in [0.1, 0.15) is 25.1 Å². The van der Waals surface area contributed by atoms with Crippen LogP contribution in [-0.2, 0) is 12.6 Å². The number of ether oxygens (including phenoxy) is 1. The van der Waals surface area contributed by atoms with E-state index in [1.54, 1.807) is 7.05 Å². The minimum absolute atomic E-state index is 0.357. The van der Waals surface area contributed by atoms with Crippen molar-refractivity contribution in [1.29, 1.82) is 0 Å². The van der Waals surface area contributed by atoms with Gasteiger partial charge in [0.05, 0.1) is 0 Å². The van der Waals surface area contributed by atoms with Crippen LogP contribution in [0.3, 0.4) is 0 Å². The lowest BCUT2D eigenvalue weighted by atomic mass is 9.94. The minimum Gasteiger partial charge on any atom is -0.481 e. The molecule has 0 N–H and O–H groups in total. The molecule has 0 fully saturated rings. The first kappa shape index (κ1) is 11.9. The van der Waals surface area contributed by atoms with Gasteiger partial charge in [-0.25, -0.2) is 9.48 Å². The molecule has 5 nitrogen and oxygen atoms in total. The largest absolute Gasteiger partial charge is 0.481 e. The molecule has 1 aliphatic heterocycles. The third-order valence-electron chi connectivity index (χ3n) is 3.28. The van der Waals surface area contributed by atoms with Crippen molar-refractivity contribution in [1.82, 2.24) is 14.8 Å². The molecule has 0 spiro atoms. The summed E-state index contributed by atoms with van der Waals surface area (Å²) in [6, 6.07) is 5.86. The van der Waals surface area contributed by atoms with Gasteiger partial charge in [-0.1, -0.05) is 11.6 Å². The molecule has 3 rings (SSSR count). The minimum atomic E-state index is -0.601. The summed E-state index contributed by atoms with van der Waals surface area (Å²) in [6.45, 7) is 5.84. The van der Waals surface area contributed by atoms with E-state index in [2.05, 4.69) is 10.1 Å². The monoisotopic (exact) mass is 257 g/mol. The quantitative estimate of drug-likeness (QED) is 0.722. The fraction of sp³-hybridized carbons (Fsp3) is 0.357. The summed E-state index contributed by atoms with van der Waals surface area (Å²) < 4.78 is 7.22. The molecule has 0 atom stereocenters. The van der Waals surface area contributed by atoms with E-state index in [0.29, 0.717) is 11.4 Å². The van der Waals surface area contributed by atoms with Crippen molar-refractivity contribution in [2.45, 2.75) is 26.4 Å². The molecule has 0 saturated heterocycles. The van der Waals surface area contributed by atoms with E-state index in [9.17, 15) is 4.79 Å². The van der Waals surface area contributed by atoms with Crippen LogP contribution >= 0.6 is 0 Å². The van der Waals surface area contributed by atoms with Gasteiger partial charge in [-0.3, -0.25) is 0 Å². The summed E-state index contributed by atoms with van der Waals surface area (Å²) in [5, 5.41) is 4.31. The highest BCUT2D eigenvalue weighted by Crippen LogP contribution is 2.42. The van der Waals surface area contributed by atoms with Gasteiger partial charge >= 0.3 is 5.69 Å². The van der Waals surface area contributed by atoms with E-state index in [-0.39, 0.29) is 5.69 Å². The zero-order valence-corrected chi connectivity index (χ0v) is 11.4. The second kappa shape index (κ2) is 3.66. The standard InChI is InChI=1S/C14H15N3O2/c1-8-5-6-10-9(7-8)11-12(14(2,3)19-10)16-17(4)13(18)15-11/h5-7H,1-4H3. The molecule has 0 aliphatic carbocycles. The van der Waals surface area contributed by atoms with Crippen LogP contribution in [0.25, 0.3) is 11.3 Å². The molecular formula is C14H15N3O2. The molecular weight excluding hydrogens is 242 g/mol. The number of rotatable bonds is 0. The van der Waals surface area contributed by atoms with Gasteiger partial charge < -0.3 is 4.74 Å². The summed E-state index contributed by atoms with van der Waals surface area (Å²) in [5.74, 6) is 0.741. The first-order valence-electron chi connectivity index (χ1n) is 6.14. The molecule has 1 aromatic heterocycles. The van der Waals surface area contributed by atoms with Crippen molar-refractivity contribution in [2.24, 2.45) is 7.05 Å². The SMILES string of the molecule is Cc1ccc2c(c1)-c1nc(=O)n(C)nc1C(C)(C)O2. The van der Waals surface area contributed by atoms with Gasteiger partial charge in [0.15, 0.2) is 0 Å². The number of aromatic nitrogens is 3. The summed E-state index contributed by atoms with van der Waals surface area (Å²) in [6.07, 6.45) is 0. The van der Waals surface area contributed by atoms with E-state index in [1.807, 2.05) is 39.0 Å². The van der Waals surface area contributed by atoms with Crippen molar-refractivity contribution < 1.29 is 4.74 Å². The molecule has 2 aromatic rings. The fourth-order valence-electron chi connectivity index (χ4n) is 2.30. The first-order valence-corrected chi connectivity index (χ1v) is 6.14. The number of aryl methyl sites for hydroxylation is 2. The third kappa shape index (κ3) is 1.73. The van der Waals surface area contributed by atoms with Crippen molar-refractivity contribution in [3.05, 3.63) is 39.9 Å². The zero-order chi connectivity index (χ0) is 13.8. The third-order valence-corrected chi connectivity index (χ3v) is 3.28. The predicted molar refractivity (Wildman–Crippen MR) is 71.1 cm³/mol. The van der Waals surface area contributed by atoms with E-state index < -0.39 is 5.60 Å². The summed E-state index contributed by atoms with van der Waals surface area (Å²) in [5.41, 5.74) is 2.28. The number of benzene rings is 1. The Morgan fingerprint density at radius 2 is 2.05 bits per heavy atom. The van der Waals surface area contributed by atoms with Crippen molar-refractivity contribution in [2.75, 3.05) is 0 Å². The van der Waals surface area contributed by atoms with Gasteiger partial charge in [-0.2, -0.15) is 10.1 Å². The summed E-state index contributed by atoms with van der Waals surface area (Å²) >= 11 is 0. The Labute approximate surface area is 110 Å². The lowest BCUT2D eigenvalue weighted by Crippen LogP contribution is -2.36. The Morgan fingerprint density at radius 3 is 2.79 bits per heavy atom. The van der Waals surface area contributed by atoms with Crippen molar-refractivity contribution in [3.63, 3.8) is 0 Å². The molecule has 1 aliphatic rings. The lowest BCUT2D eigenvalue weighted by Gasteiger charge is -2.32. The maximum Gasteiger partial charge on any atom is 0.364 e. The van der Waals surface area contributed by atoms with Gasteiger partial charge in [-0.15, -0.1) is 0 Å². The Morgan fingerprint density at radius 1 is 1.32 bits per heavy atom. The van der Waals surface area contributed by atoms with Gasteiger partial charge in [-0.05, 0) is 32.9 Å². The van der Waals surface area contributed by atoms with Crippen molar-refractivity contribution in [3.8, 4) is 17.0 Å². The Bertz CT molecular complexity index is 732. The van der Waals surface area contributed by atoms with Gasteiger partial charge in [0.2, 0.25) is 0 Å². The van der Waals surface area contributed by atoms with Crippen LogP contribution in [0.2, 0.25) is 0 Å². The van der Waals surface area contributed by atoms with Gasteiger partial charge in [0, 0.05) is 12.6 Å². The van der Waals surface area contributed by atoms with Gasteiger partial charge in [0.1, 0.15) is 22.7 Å². The van der Waals surface area contributed by atoms with Crippen LogP contribution < -0.4 is 10.4 Å². The van der Waals surface area contributed by atoms with Crippen LogP contribution in [0.5, 0.6) is 5.75 Å². The summed E-state index contributed by atoms with van der Waals surface area (Å²) in [4.78, 5) is 15.9. The Hall–Kier alpha value is -2.17. The normalized spacial score (nSPS) is 15.4. The van der Waals surface area contributed by atoms with Gasteiger partial charge in [0.25, 0.3) is 0 Å². The van der Waals surface area contributed by atoms with Crippen LogP contribution in [0.4, 0.5) is 0 Å². The van der Waals surface area contributed by atoms with Crippen LogP contribution in [0, 0.1) is 6.92 Å². The number of hydrogen-bond donors (Lipinski definition) is 0. The fourth-order valence-corrected chi connectivity index (χ4v) is 2.30. The van der Waals surface area contributed by atoms with E-state index in [4.69, 9.17) is 4.74 Å². The zero-order valence-electron chi connectivity index (χ0n) is 11.4. The van der Waals surface area contributed by atoms with E-state index >= 15 is 0 Å². The average molecular weight is 257 g/mol. The number of fused-ring (bicyclic) bond motifs is 3. The van der Waals surface area contributed by atoms with E-state index in [1.165, 1.54) is 4.68 Å². The molecule has 19 heavy (non-hydrogen) atoms. The average Bonchev–Trinajstić information content (AvgIpc) is 2.33. The molecule has 0 saturated carbocycles. The first-order chi connectivity index (χ1) is 8.88. The predicted octanol–water partition coefficient (Wildman–Crippen LogP) is 1.78. The highest BCUT2D eigenvalue weighted by atomic mass is 16.5. The second-order valence-electron chi connectivity index (χ2n) is 5.33. The molecule has 0 bridgehead atoms. The topological polar surface area (TPSA) is 57.0 Å². The molecule has 1 aromatic carbocycles. The molecule has 2 heterocycles. The molecule has 5 heteroatoms. The lowest BCUT2D eigenvalue weighted by molar-refractivity contribution is 0.0972. The second-order valence-corrected chi connectivity index (χ2v) is 5.33. The van der Waals surface area contributed by atoms with E-state index in [0.717, 1.165) is 16.9 Å². The molecule has 0 radical (unpaired) electrons. The highest BCUT2D eigenvalue weighted by molar-refractivity contribution is 5.72.